The van der Waals surface area contributed by atoms with Crippen LogP contribution >= 0.6 is 12.6 Å². The number of aromatic hydroxyl groups is 1. The third-order valence-electron chi connectivity index (χ3n) is 3.80. The Kier molecular flexibility index (Phi) is 7.22. The number of phenols is 1. The van der Waals surface area contributed by atoms with Gasteiger partial charge in [-0.15, -0.1) is 0 Å². The first-order chi connectivity index (χ1) is 10.1. The lowest BCUT2D eigenvalue weighted by Gasteiger charge is -2.26. The topological polar surface area (TPSA) is 57.5 Å². The van der Waals surface area contributed by atoms with Crippen LogP contribution in [0.1, 0.15) is 72.9 Å². The Morgan fingerprint density at radius 2 is 1.35 bits per heavy atom. The summed E-state index contributed by atoms with van der Waals surface area (Å²) in [5.41, 5.74) is 2.03. The van der Waals surface area contributed by atoms with Gasteiger partial charge in [-0.25, -0.2) is 0 Å². The molecule has 4 heteroatoms. The van der Waals surface area contributed by atoms with E-state index < -0.39 is 10.7 Å². The fourth-order valence-electron chi connectivity index (χ4n) is 1.91. The Balaban J connectivity index is 0.000000515. The van der Waals surface area contributed by atoms with E-state index in [-0.39, 0.29) is 10.8 Å². The lowest BCUT2D eigenvalue weighted by molar-refractivity contribution is -0.139. The zero-order valence-corrected chi connectivity index (χ0v) is 16.6. The first-order valence-electron chi connectivity index (χ1n) is 7.93. The number of para-hydroxylation sites is 1. The average molecular weight is 341 g/mol. The normalized spacial score (nSPS) is 14.5. The van der Waals surface area contributed by atoms with Gasteiger partial charge in [-0.3, -0.25) is 4.79 Å². The highest BCUT2D eigenvalue weighted by molar-refractivity contribution is 7.82. The van der Waals surface area contributed by atoms with E-state index >= 15 is 0 Å². The van der Waals surface area contributed by atoms with Crippen LogP contribution in [-0.2, 0) is 15.6 Å². The van der Waals surface area contributed by atoms with Crippen molar-refractivity contribution in [1.29, 1.82) is 0 Å². The molecule has 0 amide bonds. The van der Waals surface area contributed by atoms with Crippen molar-refractivity contribution in [3.63, 3.8) is 0 Å². The molecule has 0 spiro atoms. The molecular formula is C19H32O3S. The Labute approximate surface area is 146 Å². The summed E-state index contributed by atoms with van der Waals surface area (Å²) in [4.78, 5) is 10.2. The lowest BCUT2D eigenvalue weighted by atomic mass is 9.80. The first kappa shape index (κ1) is 21.8. The molecule has 1 rings (SSSR count). The number of hydrogen-bond acceptors (Lipinski definition) is 3. The van der Waals surface area contributed by atoms with E-state index in [1.54, 1.807) is 13.8 Å². The van der Waals surface area contributed by atoms with Gasteiger partial charge >= 0.3 is 5.97 Å². The summed E-state index contributed by atoms with van der Waals surface area (Å²) in [6.45, 7) is 16.1. The number of aliphatic carboxylic acids is 1. The summed E-state index contributed by atoms with van der Waals surface area (Å²) in [7, 11) is 0. The molecule has 1 aromatic rings. The molecule has 132 valence electrons. The largest absolute Gasteiger partial charge is 0.507 e. The lowest BCUT2D eigenvalue weighted by Crippen LogP contribution is -2.27. The summed E-state index contributed by atoms with van der Waals surface area (Å²) in [5.74, 6) is -0.402. The molecule has 23 heavy (non-hydrogen) atoms. The summed E-state index contributed by atoms with van der Waals surface area (Å²) >= 11 is 3.88. The van der Waals surface area contributed by atoms with Crippen LogP contribution in [0.25, 0.3) is 0 Å². The second kappa shape index (κ2) is 7.61. The van der Waals surface area contributed by atoms with E-state index in [0.717, 1.165) is 11.1 Å². The monoisotopic (exact) mass is 340 g/mol. The second-order valence-corrected chi connectivity index (χ2v) is 9.12. The quantitative estimate of drug-likeness (QED) is 0.652. The average Bonchev–Trinajstić information content (AvgIpc) is 2.36. The smallest absolute Gasteiger partial charge is 0.319 e. The molecule has 0 aromatic heterocycles. The third-order valence-corrected chi connectivity index (χ3v) is 4.31. The van der Waals surface area contributed by atoms with Crippen molar-refractivity contribution >= 4 is 18.6 Å². The van der Waals surface area contributed by atoms with Crippen molar-refractivity contribution in [2.24, 2.45) is 0 Å². The van der Waals surface area contributed by atoms with Crippen LogP contribution < -0.4 is 0 Å². The highest BCUT2D eigenvalue weighted by Gasteiger charge is 2.25. The SMILES string of the molecule is CC(C)(C)c1cccc(C(C)(C)C)c1O.CCC(C)(S)C(=O)O. The number of benzene rings is 1. The van der Waals surface area contributed by atoms with Crippen molar-refractivity contribution < 1.29 is 15.0 Å². The van der Waals surface area contributed by atoms with Gasteiger partial charge in [-0.2, -0.15) is 12.6 Å². The first-order valence-corrected chi connectivity index (χ1v) is 8.38. The maximum absolute atomic E-state index is 10.3. The van der Waals surface area contributed by atoms with Gasteiger partial charge in [0.05, 0.1) is 0 Å². The van der Waals surface area contributed by atoms with Crippen LogP contribution in [0.4, 0.5) is 0 Å². The molecule has 0 bridgehead atoms. The second-order valence-electron chi connectivity index (χ2n) is 8.13. The van der Waals surface area contributed by atoms with E-state index in [9.17, 15) is 9.90 Å². The van der Waals surface area contributed by atoms with Gasteiger partial charge in [0.15, 0.2) is 0 Å². The standard InChI is InChI=1S/C14H22O.C5H10O2S/c1-13(2,3)10-8-7-9-11(12(10)15)14(4,5)6;1-3-5(2,8)4(6)7/h7-9,15H,1-6H3;8H,3H2,1-2H3,(H,6,7). The van der Waals surface area contributed by atoms with Crippen LogP contribution in [0.2, 0.25) is 0 Å². The van der Waals surface area contributed by atoms with Gasteiger partial charge in [0.1, 0.15) is 10.5 Å². The van der Waals surface area contributed by atoms with Crippen molar-refractivity contribution in [1.82, 2.24) is 0 Å². The predicted octanol–water partition coefficient (Wildman–Crippen LogP) is 5.16. The van der Waals surface area contributed by atoms with E-state index in [1.165, 1.54) is 0 Å². The van der Waals surface area contributed by atoms with Crippen molar-refractivity contribution in [3.8, 4) is 5.75 Å². The Morgan fingerprint density at radius 1 is 1.00 bits per heavy atom. The molecule has 0 radical (unpaired) electrons. The van der Waals surface area contributed by atoms with Crippen LogP contribution in [0.5, 0.6) is 5.75 Å². The Hall–Kier alpha value is -1.16. The zero-order chi connectivity index (χ0) is 18.6. The van der Waals surface area contributed by atoms with Crippen molar-refractivity contribution in [2.45, 2.75) is 77.4 Å². The number of carboxylic acids is 1. The molecule has 0 aliphatic carbocycles. The van der Waals surface area contributed by atoms with E-state index in [2.05, 4.69) is 54.2 Å². The molecule has 2 N–H and O–H groups in total. The van der Waals surface area contributed by atoms with Crippen LogP contribution in [0.3, 0.4) is 0 Å². The zero-order valence-electron chi connectivity index (χ0n) is 15.7. The Bertz CT molecular complexity index is 502. The summed E-state index contributed by atoms with van der Waals surface area (Å²) in [5, 5.41) is 18.6. The van der Waals surface area contributed by atoms with E-state index in [4.69, 9.17) is 5.11 Å². The molecule has 0 aliphatic rings. The van der Waals surface area contributed by atoms with E-state index in [1.807, 2.05) is 18.2 Å². The molecule has 1 aromatic carbocycles. The molecule has 0 saturated heterocycles. The number of rotatable bonds is 2. The number of carboxylic acid groups (broad SMARTS) is 1. The maximum Gasteiger partial charge on any atom is 0.319 e. The van der Waals surface area contributed by atoms with Gasteiger partial charge in [-0.1, -0.05) is 66.7 Å². The third kappa shape index (κ3) is 6.46. The number of hydrogen-bond donors (Lipinski definition) is 3. The van der Waals surface area contributed by atoms with Gasteiger partial charge in [0, 0.05) is 0 Å². The van der Waals surface area contributed by atoms with Crippen LogP contribution in [0, 0.1) is 0 Å². The minimum absolute atomic E-state index is 0.00859. The summed E-state index contributed by atoms with van der Waals surface area (Å²) in [6.07, 6.45) is 0.547. The Morgan fingerprint density at radius 3 is 1.52 bits per heavy atom. The number of thiol groups is 1. The summed E-state index contributed by atoms with van der Waals surface area (Å²) < 4.78 is -0.847. The van der Waals surface area contributed by atoms with Gasteiger partial charge in [0.2, 0.25) is 0 Å². The molecule has 0 aliphatic heterocycles. The van der Waals surface area contributed by atoms with Crippen molar-refractivity contribution in [2.75, 3.05) is 0 Å². The molecule has 0 heterocycles. The highest BCUT2D eigenvalue weighted by Crippen LogP contribution is 2.38. The summed E-state index contributed by atoms with van der Waals surface area (Å²) in [6, 6.07) is 6.04. The molecular weight excluding hydrogens is 308 g/mol. The van der Waals surface area contributed by atoms with E-state index in [0.29, 0.717) is 12.2 Å². The molecule has 0 fully saturated rings. The minimum Gasteiger partial charge on any atom is -0.507 e. The van der Waals surface area contributed by atoms with Gasteiger partial charge in [-0.05, 0) is 35.3 Å². The van der Waals surface area contributed by atoms with Gasteiger partial charge < -0.3 is 10.2 Å². The fraction of sp³-hybridized carbons (Fsp3) is 0.632. The van der Waals surface area contributed by atoms with Crippen LogP contribution in [-0.4, -0.2) is 20.9 Å². The number of carbonyl (C=O) groups is 1. The predicted molar refractivity (Wildman–Crippen MR) is 101 cm³/mol. The molecule has 1 unspecified atom stereocenters. The molecule has 0 saturated carbocycles. The molecule has 3 nitrogen and oxygen atoms in total. The fourth-order valence-corrected chi connectivity index (χ4v) is 1.91. The van der Waals surface area contributed by atoms with Crippen molar-refractivity contribution in [3.05, 3.63) is 29.3 Å². The molecule has 1 atom stereocenters. The minimum atomic E-state index is -0.858. The van der Waals surface area contributed by atoms with Gasteiger partial charge in [0.25, 0.3) is 0 Å². The van der Waals surface area contributed by atoms with Crippen LogP contribution in [0.15, 0.2) is 18.2 Å². The maximum atomic E-state index is 10.3. The number of phenolic OH excluding ortho intramolecular Hbond substituents is 1. The highest BCUT2D eigenvalue weighted by atomic mass is 32.1.